The standard InChI is InChI=1S/C14H24N2O4/c1-19-8-9-20-7-3-2-6-16-10-12(17)15-13(14(16)18)11-4-5-11/h11,13H,2-10H2,1H3,(H,15,17). The molecule has 114 valence electrons. The van der Waals surface area contributed by atoms with Crippen LogP contribution in [0.5, 0.6) is 0 Å². The SMILES string of the molecule is COCCOCCCCN1CC(=O)NC(C2CC2)C1=O. The van der Waals surface area contributed by atoms with Crippen LogP contribution < -0.4 is 5.32 Å². The molecule has 1 aliphatic heterocycles. The molecule has 6 nitrogen and oxygen atoms in total. The zero-order valence-corrected chi connectivity index (χ0v) is 12.1. The molecule has 0 aromatic rings. The Morgan fingerprint density at radius 1 is 1.20 bits per heavy atom. The Morgan fingerprint density at radius 3 is 2.70 bits per heavy atom. The third-order valence-corrected chi connectivity index (χ3v) is 3.72. The van der Waals surface area contributed by atoms with Crippen molar-refractivity contribution in [2.75, 3.05) is 40.0 Å². The second-order valence-electron chi connectivity index (χ2n) is 5.45. The van der Waals surface area contributed by atoms with Crippen LogP contribution in [0.15, 0.2) is 0 Å². The number of rotatable bonds is 9. The number of ether oxygens (including phenoxy) is 2. The normalized spacial score (nSPS) is 23.1. The molecule has 2 rings (SSSR count). The molecule has 2 amide bonds. The lowest BCUT2D eigenvalue weighted by atomic mass is 10.1. The fourth-order valence-electron chi connectivity index (χ4n) is 2.42. The van der Waals surface area contributed by atoms with Crippen LogP contribution in [-0.4, -0.2) is 62.8 Å². The van der Waals surface area contributed by atoms with Crippen molar-refractivity contribution in [3.05, 3.63) is 0 Å². The van der Waals surface area contributed by atoms with Crippen molar-refractivity contribution in [3.63, 3.8) is 0 Å². The van der Waals surface area contributed by atoms with Gasteiger partial charge in [0.25, 0.3) is 0 Å². The largest absolute Gasteiger partial charge is 0.382 e. The third kappa shape index (κ3) is 4.45. The second-order valence-corrected chi connectivity index (χ2v) is 5.45. The molecule has 1 saturated heterocycles. The van der Waals surface area contributed by atoms with Crippen molar-refractivity contribution in [1.82, 2.24) is 10.2 Å². The summed E-state index contributed by atoms with van der Waals surface area (Å²) in [6.45, 7) is 2.72. The quantitative estimate of drug-likeness (QED) is 0.613. The Labute approximate surface area is 119 Å². The number of unbranched alkanes of at least 4 members (excludes halogenated alkanes) is 1. The van der Waals surface area contributed by atoms with E-state index in [4.69, 9.17) is 9.47 Å². The minimum Gasteiger partial charge on any atom is -0.382 e. The van der Waals surface area contributed by atoms with Crippen LogP contribution in [0, 0.1) is 5.92 Å². The van der Waals surface area contributed by atoms with Crippen molar-refractivity contribution in [2.45, 2.75) is 31.7 Å². The number of nitrogens with one attached hydrogen (secondary N) is 1. The molecular weight excluding hydrogens is 260 g/mol. The maximum atomic E-state index is 12.2. The number of piperazine rings is 1. The van der Waals surface area contributed by atoms with Crippen molar-refractivity contribution in [1.29, 1.82) is 0 Å². The van der Waals surface area contributed by atoms with Gasteiger partial charge in [-0.15, -0.1) is 0 Å². The van der Waals surface area contributed by atoms with Crippen molar-refractivity contribution >= 4 is 11.8 Å². The molecule has 0 radical (unpaired) electrons. The summed E-state index contributed by atoms with van der Waals surface area (Å²) < 4.78 is 10.3. The highest BCUT2D eigenvalue weighted by Crippen LogP contribution is 2.34. The summed E-state index contributed by atoms with van der Waals surface area (Å²) in [6, 6.07) is -0.269. The van der Waals surface area contributed by atoms with Crippen LogP contribution in [-0.2, 0) is 19.1 Å². The summed E-state index contributed by atoms with van der Waals surface area (Å²) in [5.41, 5.74) is 0. The van der Waals surface area contributed by atoms with Crippen molar-refractivity contribution in [2.24, 2.45) is 5.92 Å². The predicted molar refractivity (Wildman–Crippen MR) is 73.2 cm³/mol. The Kier molecular flexibility index (Phi) is 5.79. The molecule has 20 heavy (non-hydrogen) atoms. The number of amides is 2. The van der Waals surface area contributed by atoms with E-state index in [1.807, 2.05) is 0 Å². The number of carbonyl (C=O) groups excluding carboxylic acids is 2. The number of hydrogen-bond donors (Lipinski definition) is 1. The molecular formula is C14H24N2O4. The Morgan fingerprint density at radius 2 is 2.00 bits per heavy atom. The highest BCUT2D eigenvalue weighted by Gasteiger charge is 2.42. The summed E-state index contributed by atoms with van der Waals surface area (Å²) in [4.78, 5) is 25.5. The molecule has 0 spiro atoms. The first-order valence-corrected chi connectivity index (χ1v) is 7.37. The molecule has 0 bridgehead atoms. The Hall–Kier alpha value is -1.14. The van der Waals surface area contributed by atoms with Crippen LogP contribution in [0.25, 0.3) is 0 Å². The summed E-state index contributed by atoms with van der Waals surface area (Å²) in [6.07, 6.45) is 3.86. The molecule has 0 aromatic heterocycles. The van der Waals surface area contributed by atoms with Crippen LogP contribution in [0.4, 0.5) is 0 Å². The monoisotopic (exact) mass is 284 g/mol. The minimum atomic E-state index is -0.269. The summed E-state index contributed by atoms with van der Waals surface area (Å²) in [5.74, 6) is 0.428. The van der Waals surface area contributed by atoms with Gasteiger partial charge in [0, 0.05) is 20.3 Å². The van der Waals surface area contributed by atoms with E-state index in [9.17, 15) is 9.59 Å². The maximum Gasteiger partial charge on any atom is 0.245 e. The van der Waals surface area contributed by atoms with E-state index in [1.165, 1.54) is 0 Å². The summed E-state index contributed by atoms with van der Waals surface area (Å²) in [5, 5.41) is 2.81. The van der Waals surface area contributed by atoms with Crippen LogP contribution in [0.2, 0.25) is 0 Å². The number of methoxy groups -OCH3 is 1. The number of nitrogens with zero attached hydrogens (tertiary/aromatic N) is 1. The van der Waals surface area contributed by atoms with Gasteiger partial charge in [-0.1, -0.05) is 0 Å². The first kappa shape index (κ1) is 15.3. The van der Waals surface area contributed by atoms with Gasteiger partial charge in [0.2, 0.25) is 11.8 Å². The molecule has 0 aromatic carbocycles. The van der Waals surface area contributed by atoms with Gasteiger partial charge in [0.05, 0.1) is 19.8 Å². The van der Waals surface area contributed by atoms with Crippen molar-refractivity contribution in [3.8, 4) is 0 Å². The minimum absolute atomic E-state index is 0.0298. The molecule has 1 heterocycles. The van der Waals surface area contributed by atoms with E-state index in [2.05, 4.69) is 5.32 Å². The van der Waals surface area contributed by atoms with Gasteiger partial charge in [0.1, 0.15) is 6.04 Å². The maximum absolute atomic E-state index is 12.2. The first-order valence-electron chi connectivity index (χ1n) is 7.37. The fourth-order valence-corrected chi connectivity index (χ4v) is 2.42. The molecule has 1 saturated carbocycles. The van der Waals surface area contributed by atoms with E-state index in [0.717, 1.165) is 25.7 Å². The van der Waals surface area contributed by atoms with Gasteiger partial charge < -0.3 is 19.7 Å². The van der Waals surface area contributed by atoms with Gasteiger partial charge in [-0.2, -0.15) is 0 Å². The smallest absolute Gasteiger partial charge is 0.245 e. The summed E-state index contributed by atoms with van der Waals surface area (Å²) in [7, 11) is 1.65. The molecule has 1 atom stereocenters. The lowest BCUT2D eigenvalue weighted by Crippen LogP contribution is -2.58. The highest BCUT2D eigenvalue weighted by atomic mass is 16.5. The third-order valence-electron chi connectivity index (χ3n) is 3.72. The predicted octanol–water partition coefficient (Wildman–Crippen LogP) is 0.167. The highest BCUT2D eigenvalue weighted by molar-refractivity contribution is 5.95. The molecule has 1 N–H and O–H groups in total. The van der Waals surface area contributed by atoms with Crippen LogP contribution in [0.1, 0.15) is 25.7 Å². The first-order chi connectivity index (χ1) is 9.72. The van der Waals surface area contributed by atoms with Gasteiger partial charge in [-0.3, -0.25) is 9.59 Å². The molecule has 1 unspecified atom stereocenters. The van der Waals surface area contributed by atoms with E-state index >= 15 is 0 Å². The zero-order valence-electron chi connectivity index (χ0n) is 12.1. The van der Waals surface area contributed by atoms with Gasteiger partial charge in [-0.25, -0.2) is 0 Å². The number of carbonyl (C=O) groups is 2. The Balaban J connectivity index is 1.63. The van der Waals surface area contributed by atoms with Gasteiger partial charge >= 0.3 is 0 Å². The van der Waals surface area contributed by atoms with Gasteiger partial charge in [0.15, 0.2) is 0 Å². The van der Waals surface area contributed by atoms with E-state index in [-0.39, 0.29) is 24.4 Å². The lowest BCUT2D eigenvalue weighted by Gasteiger charge is -2.32. The zero-order chi connectivity index (χ0) is 14.4. The fraction of sp³-hybridized carbons (Fsp3) is 0.857. The van der Waals surface area contributed by atoms with Crippen LogP contribution >= 0.6 is 0 Å². The van der Waals surface area contributed by atoms with Crippen LogP contribution in [0.3, 0.4) is 0 Å². The average Bonchev–Trinajstić information content (AvgIpc) is 3.25. The molecule has 2 fully saturated rings. The molecule has 1 aliphatic carbocycles. The van der Waals surface area contributed by atoms with E-state index in [0.29, 0.717) is 32.3 Å². The van der Waals surface area contributed by atoms with E-state index < -0.39 is 0 Å². The van der Waals surface area contributed by atoms with E-state index in [1.54, 1.807) is 12.0 Å². The van der Waals surface area contributed by atoms with Gasteiger partial charge in [-0.05, 0) is 31.6 Å². The Bertz CT molecular complexity index is 344. The summed E-state index contributed by atoms with van der Waals surface area (Å²) >= 11 is 0. The van der Waals surface area contributed by atoms with Crippen molar-refractivity contribution < 1.29 is 19.1 Å². The topological polar surface area (TPSA) is 67.9 Å². The number of hydrogen-bond acceptors (Lipinski definition) is 4. The molecule has 6 heteroatoms. The second kappa shape index (κ2) is 7.59. The average molecular weight is 284 g/mol. The lowest BCUT2D eigenvalue weighted by molar-refractivity contribution is -0.145. The molecule has 2 aliphatic rings.